The lowest BCUT2D eigenvalue weighted by Gasteiger charge is -2.32. The molecule has 3 rings (SSSR count). The van der Waals surface area contributed by atoms with E-state index in [4.69, 9.17) is 9.15 Å². The van der Waals surface area contributed by atoms with Crippen molar-refractivity contribution in [1.82, 2.24) is 10.2 Å². The fourth-order valence-electron chi connectivity index (χ4n) is 2.91. The number of piperidine rings is 1. The van der Waals surface area contributed by atoms with E-state index in [2.05, 4.69) is 10.2 Å². The van der Waals surface area contributed by atoms with Gasteiger partial charge in [0, 0.05) is 19.1 Å². The molecule has 2 aliphatic rings. The molecule has 0 aromatic carbocycles. The SMILES string of the molecule is COC(=O)c1ccoc1CN1CCC(NCC2CC2)CC1. The Balaban J connectivity index is 1.46. The molecular weight excluding hydrogens is 268 g/mol. The van der Waals surface area contributed by atoms with Gasteiger partial charge < -0.3 is 14.5 Å². The van der Waals surface area contributed by atoms with E-state index in [1.165, 1.54) is 39.3 Å². The smallest absolute Gasteiger partial charge is 0.341 e. The van der Waals surface area contributed by atoms with Gasteiger partial charge in [0.05, 0.1) is 19.9 Å². The Morgan fingerprint density at radius 1 is 1.38 bits per heavy atom. The van der Waals surface area contributed by atoms with Gasteiger partial charge in [0.25, 0.3) is 0 Å². The average Bonchev–Trinajstić information content (AvgIpc) is 3.24. The Morgan fingerprint density at radius 3 is 2.81 bits per heavy atom. The number of hydrogen-bond donors (Lipinski definition) is 1. The van der Waals surface area contributed by atoms with Crippen LogP contribution in [0.2, 0.25) is 0 Å². The second kappa shape index (κ2) is 6.62. The van der Waals surface area contributed by atoms with Crippen LogP contribution in [0.15, 0.2) is 16.7 Å². The van der Waals surface area contributed by atoms with Gasteiger partial charge in [-0.3, -0.25) is 4.90 Å². The molecule has 2 fully saturated rings. The minimum Gasteiger partial charge on any atom is -0.467 e. The van der Waals surface area contributed by atoms with Gasteiger partial charge >= 0.3 is 5.97 Å². The summed E-state index contributed by atoms with van der Waals surface area (Å²) in [6.45, 7) is 3.97. The molecule has 1 aromatic heterocycles. The van der Waals surface area contributed by atoms with Crippen LogP contribution in [0.4, 0.5) is 0 Å². The van der Waals surface area contributed by atoms with Crippen LogP contribution in [0.5, 0.6) is 0 Å². The first-order valence-corrected chi connectivity index (χ1v) is 7.86. The molecule has 1 aliphatic heterocycles. The molecule has 1 saturated heterocycles. The van der Waals surface area contributed by atoms with Crippen LogP contribution in [0.3, 0.4) is 0 Å². The van der Waals surface area contributed by atoms with Crippen LogP contribution >= 0.6 is 0 Å². The van der Waals surface area contributed by atoms with Gasteiger partial charge in [-0.05, 0) is 44.2 Å². The van der Waals surface area contributed by atoms with E-state index in [0.717, 1.165) is 19.0 Å². The number of likely N-dealkylation sites (tertiary alicyclic amines) is 1. The number of carbonyl (C=O) groups excluding carboxylic acids is 1. The number of hydrogen-bond acceptors (Lipinski definition) is 5. The maximum absolute atomic E-state index is 11.6. The molecule has 0 bridgehead atoms. The largest absolute Gasteiger partial charge is 0.467 e. The third-order valence-electron chi connectivity index (χ3n) is 4.50. The normalized spacial score (nSPS) is 20.6. The number of rotatable bonds is 6. The molecule has 0 unspecified atom stereocenters. The summed E-state index contributed by atoms with van der Waals surface area (Å²) >= 11 is 0. The molecule has 1 aliphatic carbocycles. The van der Waals surface area contributed by atoms with Crippen molar-refractivity contribution < 1.29 is 13.9 Å². The minimum atomic E-state index is -0.320. The highest BCUT2D eigenvalue weighted by Gasteiger charge is 2.25. The zero-order chi connectivity index (χ0) is 14.7. The van der Waals surface area contributed by atoms with Crippen LogP contribution in [0, 0.1) is 5.92 Å². The summed E-state index contributed by atoms with van der Waals surface area (Å²) in [7, 11) is 1.40. The molecule has 0 amide bonds. The summed E-state index contributed by atoms with van der Waals surface area (Å²) in [6, 6.07) is 2.34. The average molecular weight is 292 g/mol. The zero-order valence-electron chi connectivity index (χ0n) is 12.6. The predicted octanol–water partition coefficient (Wildman–Crippen LogP) is 2.03. The number of ether oxygens (including phenoxy) is 1. The fourth-order valence-corrected chi connectivity index (χ4v) is 2.91. The van der Waals surface area contributed by atoms with Crippen molar-refractivity contribution in [1.29, 1.82) is 0 Å². The monoisotopic (exact) mass is 292 g/mol. The third kappa shape index (κ3) is 3.86. The van der Waals surface area contributed by atoms with Gasteiger partial charge in [-0.2, -0.15) is 0 Å². The molecule has 1 saturated carbocycles. The number of nitrogens with zero attached hydrogens (tertiary/aromatic N) is 1. The van der Waals surface area contributed by atoms with Gasteiger partial charge in [-0.1, -0.05) is 0 Å². The van der Waals surface area contributed by atoms with E-state index in [9.17, 15) is 4.79 Å². The van der Waals surface area contributed by atoms with Crippen molar-refractivity contribution >= 4 is 5.97 Å². The van der Waals surface area contributed by atoms with E-state index in [1.807, 2.05) is 0 Å². The Morgan fingerprint density at radius 2 is 2.14 bits per heavy atom. The van der Waals surface area contributed by atoms with Crippen LogP contribution in [0.1, 0.15) is 41.8 Å². The third-order valence-corrected chi connectivity index (χ3v) is 4.50. The van der Waals surface area contributed by atoms with Crippen LogP contribution in [-0.2, 0) is 11.3 Å². The van der Waals surface area contributed by atoms with Crippen molar-refractivity contribution in [3.63, 3.8) is 0 Å². The lowest BCUT2D eigenvalue weighted by Crippen LogP contribution is -2.42. The van der Waals surface area contributed by atoms with Gasteiger partial charge in [-0.15, -0.1) is 0 Å². The predicted molar refractivity (Wildman–Crippen MR) is 79.1 cm³/mol. The molecule has 5 heteroatoms. The van der Waals surface area contributed by atoms with Crippen molar-refractivity contribution in [3.05, 3.63) is 23.7 Å². The van der Waals surface area contributed by atoms with Crippen molar-refractivity contribution in [2.75, 3.05) is 26.7 Å². The van der Waals surface area contributed by atoms with Crippen molar-refractivity contribution in [2.45, 2.75) is 38.3 Å². The van der Waals surface area contributed by atoms with E-state index in [0.29, 0.717) is 23.9 Å². The molecule has 1 N–H and O–H groups in total. The number of nitrogens with one attached hydrogen (secondary N) is 1. The summed E-state index contributed by atoms with van der Waals surface area (Å²) < 4.78 is 10.2. The molecule has 0 atom stereocenters. The fraction of sp³-hybridized carbons (Fsp3) is 0.688. The Kier molecular flexibility index (Phi) is 4.60. The highest BCUT2D eigenvalue weighted by atomic mass is 16.5. The quantitative estimate of drug-likeness (QED) is 0.813. The molecule has 116 valence electrons. The number of furan rings is 1. The molecular formula is C16H24N2O3. The first-order chi connectivity index (χ1) is 10.3. The second-order valence-electron chi connectivity index (χ2n) is 6.15. The van der Waals surface area contributed by atoms with Gasteiger partial charge in [0.1, 0.15) is 11.3 Å². The lowest BCUT2D eigenvalue weighted by molar-refractivity contribution is 0.0595. The lowest BCUT2D eigenvalue weighted by atomic mass is 10.0. The van der Waals surface area contributed by atoms with Gasteiger partial charge in [-0.25, -0.2) is 4.79 Å². The van der Waals surface area contributed by atoms with Crippen LogP contribution in [-0.4, -0.2) is 43.7 Å². The number of esters is 1. The van der Waals surface area contributed by atoms with E-state index in [1.54, 1.807) is 12.3 Å². The second-order valence-corrected chi connectivity index (χ2v) is 6.15. The molecule has 0 spiro atoms. The summed E-state index contributed by atoms with van der Waals surface area (Å²) in [6.07, 6.45) is 6.70. The molecule has 21 heavy (non-hydrogen) atoms. The topological polar surface area (TPSA) is 54.7 Å². The minimum absolute atomic E-state index is 0.320. The van der Waals surface area contributed by atoms with Gasteiger partial charge in [0.2, 0.25) is 0 Å². The Labute approximate surface area is 125 Å². The molecule has 5 nitrogen and oxygen atoms in total. The van der Waals surface area contributed by atoms with Crippen LogP contribution in [0.25, 0.3) is 0 Å². The number of methoxy groups -OCH3 is 1. The highest BCUT2D eigenvalue weighted by Crippen LogP contribution is 2.28. The Hall–Kier alpha value is -1.33. The maximum Gasteiger partial charge on any atom is 0.341 e. The summed E-state index contributed by atoms with van der Waals surface area (Å²) in [5.74, 6) is 1.33. The maximum atomic E-state index is 11.6. The summed E-state index contributed by atoms with van der Waals surface area (Å²) in [4.78, 5) is 14.0. The molecule has 0 radical (unpaired) electrons. The number of carbonyl (C=O) groups is 1. The molecule has 1 aromatic rings. The Bertz CT molecular complexity index is 474. The van der Waals surface area contributed by atoms with E-state index < -0.39 is 0 Å². The van der Waals surface area contributed by atoms with Crippen LogP contribution < -0.4 is 5.32 Å². The van der Waals surface area contributed by atoms with Crippen molar-refractivity contribution in [2.24, 2.45) is 5.92 Å². The van der Waals surface area contributed by atoms with Crippen molar-refractivity contribution in [3.8, 4) is 0 Å². The first-order valence-electron chi connectivity index (χ1n) is 7.86. The van der Waals surface area contributed by atoms with E-state index >= 15 is 0 Å². The molecule has 2 heterocycles. The first kappa shape index (κ1) is 14.6. The standard InChI is InChI=1S/C16H24N2O3/c1-20-16(19)14-6-9-21-15(14)11-18-7-4-13(5-8-18)17-10-12-2-3-12/h6,9,12-13,17H,2-5,7-8,10-11H2,1H3. The zero-order valence-corrected chi connectivity index (χ0v) is 12.6. The summed E-state index contributed by atoms with van der Waals surface area (Å²) in [5.41, 5.74) is 0.548. The summed E-state index contributed by atoms with van der Waals surface area (Å²) in [5, 5.41) is 3.68. The highest BCUT2D eigenvalue weighted by molar-refractivity contribution is 5.90. The van der Waals surface area contributed by atoms with E-state index in [-0.39, 0.29) is 5.97 Å². The van der Waals surface area contributed by atoms with Gasteiger partial charge in [0.15, 0.2) is 0 Å².